The molecule has 0 aliphatic carbocycles. The van der Waals surface area contributed by atoms with Crippen molar-refractivity contribution >= 4 is 12.1 Å². The smallest absolute Gasteiger partial charge is 0.407 e. The van der Waals surface area contributed by atoms with E-state index in [4.69, 9.17) is 14.2 Å². The molecule has 1 amide bonds. The number of rotatable bonds is 37. The first kappa shape index (κ1) is 48.6. The van der Waals surface area contributed by atoms with E-state index in [-0.39, 0.29) is 19.2 Å². The molecule has 0 rings (SSSR count). The Morgan fingerprint density at radius 3 is 1.71 bits per heavy atom. The zero-order chi connectivity index (χ0) is 37.3. The quantitative estimate of drug-likeness (QED) is 0.0392. The van der Waals surface area contributed by atoms with Crippen LogP contribution >= 0.6 is 0 Å². The molecule has 1 unspecified atom stereocenters. The summed E-state index contributed by atoms with van der Waals surface area (Å²) in [6, 6.07) is 0. The number of unbranched alkanes of at least 4 members (excludes halogenated alkanes) is 17. The van der Waals surface area contributed by atoms with Gasteiger partial charge in [-0.1, -0.05) is 140 Å². The number of carbonyl (C=O) groups excluding carboxylic acids is 2. The predicted octanol–water partition coefficient (Wildman–Crippen LogP) is 11.8. The fourth-order valence-electron chi connectivity index (χ4n) is 5.50. The van der Waals surface area contributed by atoms with Crippen LogP contribution in [0, 0.1) is 0 Å². The molecule has 1 N–H and O–H groups in total. The van der Waals surface area contributed by atoms with Crippen LogP contribution in [0.25, 0.3) is 0 Å². The third kappa shape index (κ3) is 40.3. The number of nitrogens with zero attached hydrogens (tertiary/aromatic N) is 1. The maximum atomic E-state index is 12.4. The number of carbonyl (C=O) groups is 2. The van der Waals surface area contributed by atoms with Crippen LogP contribution in [-0.2, 0) is 19.0 Å². The van der Waals surface area contributed by atoms with E-state index in [9.17, 15) is 9.59 Å². The molecule has 0 aromatic rings. The van der Waals surface area contributed by atoms with Crippen molar-refractivity contribution in [2.45, 2.75) is 174 Å². The van der Waals surface area contributed by atoms with Gasteiger partial charge in [0.25, 0.3) is 0 Å². The summed E-state index contributed by atoms with van der Waals surface area (Å²) in [5, 5.41) is 2.76. The Hall–Kier alpha value is -2.38. The molecule has 0 saturated carbocycles. The molecular formula is C44H80N2O5. The fraction of sp³-hybridized carbons (Fsp3) is 0.773. The van der Waals surface area contributed by atoms with Gasteiger partial charge in [-0.2, -0.15) is 0 Å². The number of amides is 1. The van der Waals surface area contributed by atoms with E-state index in [1.54, 1.807) is 0 Å². The van der Waals surface area contributed by atoms with Crippen LogP contribution in [0.3, 0.4) is 0 Å². The van der Waals surface area contributed by atoms with Gasteiger partial charge < -0.3 is 24.4 Å². The summed E-state index contributed by atoms with van der Waals surface area (Å²) < 4.78 is 16.9. The molecule has 0 saturated heterocycles. The number of hydrogen-bond acceptors (Lipinski definition) is 6. The highest BCUT2D eigenvalue weighted by Crippen LogP contribution is 2.11. The number of hydrogen-bond donors (Lipinski definition) is 1. The SMILES string of the molecule is CC/C=C\C/C=C\C/C=C\CCCCCCCCOCC(COC(=O)CCCCCCC/C=C\CCCCCCCC)OC(=O)NCCN(C)C. The summed E-state index contributed by atoms with van der Waals surface area (Å²) in [6.07, 6.45) is 44.6. The minimum atomic E-state index is -0.621. The number of allylic oxidation sites excluding steroid dienone is 8. The van der Waals surface area contributed by atoms with Crippen LogP contribution in [0.1, 0.15) is 168 Å². The predicted molar refractivity (Wildman–Crippen MR) is 217 cm³/mol. The minimum Gasteiger partial charge on any atom is -0.462 e. The van der Waals surface area contributed by atoms with Crippen LogP contribution < -0.4 is 5.32 Å². The molecule has 0 bridgehead atoms. The van der Waals surface area contributed by atoms with Gasteiger partial charge in [-0.15, -0.1) is 0 Å². The van der Waals surface area contributed by atoms with E-state index in [1.807, 2.05) is 19.0 Å². The van der Waals surface area contributed by atoms with E-state index < -0.39 is 12.2 Å². The van der Waals surface area contributed by atoms with Crippen LogP contribution in [0.2, 0.25) is 0 Å². The van der Waals surface area contributed by atoms with E-state index in [0.29, 0.717) is 26.1 Å². The Balaban J connectivity index is 4.06. The Morgan fingerprint density at radius 1 is 0.608 bits per heavy atom. The zero-order valence-electron chi connectivity index (χ0n) is 33.7. The average Bonchev–Trinajstić information content (AvgIpc) is 3.11. The number of likely N-dealkylation sites (N-methyl/N-ethyl adjacent to an activating group) is 1. The molecule has 1 atom stereocenters. The zero-order valence-corrected chi connectivity index (χ0v) is 33.7. The third-order valence-electron chi connectivity index (χ3n) is 8.67. The van der Waals surface area contributed by atoms with Crippen LogP contribution in [0.4, 0.5) is 4.79 Å². The van der Waals surface area contributed by atoms with Gasteiger partial charge in [0, 0.05) is 26.1 Å². The lowest BCUT2D eigenvalue weighted by Crippen LogP contribution is -2.37. The largest absolute Gasteiger partial charge is 0.462 e. The molecule has 0 spiro atoms. The van der Waals surface area contributed by atoms with Gasteiger partial charge in [0.15, 0.2) is 6.10 Å². The van der Waals surface area contributed by atoms with Gasteiger partial charge in [-0.25, -0.2) is 4.79 Å². The summed E-state index contributed by atoms with van der Waals surface area (Å²) in [5.41, 5.74) is 0. The maximum Gasteiger partial charge on any atom is 0.407 e. The van der Waals surface area contributed by atoms with E-state index in [0.717, 1.165) is 64.2 Å². The van der Waals surface area contributed by atoms with Crippen molar-refractivity contribution in [1.29, 1.82) is 0 Å². The summed E-state index contributed by atoms with van der Waals surface area (Å²) in [6.45, 7) is 6.47. The van der Waals surface area contributed by atoms with Crippen molar-refractivity contribution in [3.05, 3.63) is 48.6 Å². The van der Waals surface area contributed by atoms with Gasteiger partial charge >= 0.3 is 12.1 Å². The molecule has 0 aromatic carbocycles. The topological polar surface area (TPSA) is 77.1 Å². The van der Waals surface area contributed by atoms with Crippen molar-refractivity contribution in [2.75, 3.05) is 47.0 Å². The van der Waals surface area contributed by atoms with Gasteiger partial charge in [0.05, 0.1) is 6.61 Å². The summed E-state index contributed by atoms with van der Waals surface area (Å²) in [4.78, 5) is 26.7. The second kappa shape index (κ2) is 40.4. The van der Waals surface area contributed by atoms with Crippen LogP contribution in [0.5, 0.6) is 0 Å². The molecule has 0 aliphatic rings. The minimum absolute atomic E-state index is 0.0199. The Kier molecular flexibility index (Phi) is 38.5. The number of esters is 1. The first-order valence-corrected chi connectivity index (χ1v) is 20.9. The lowest BCUT2D eigenvalue weighted by atomic mass is 10.1. The van der Waals surface area contributed by atoms with Crippen molar-refractivity contribution in [3.8, 4) is 0 Å². The first-order chi connectivity index (χ1) is 25.0. The van der Waals surface area contributed by atoms with Crippen molar-refractivity contribution in [1.82, 2.24) is 10.2 Å². The van der Waals surface area contributed by atoms with Gasteiger partial charge in [0.2, 0.25) is 0 Å². The molecule has 0 heterocycles. The van der Waals surface area contributed by atoms with Crippen molar-refractivity contribution < 1.29 is 23.8 Å². The molecule has 0 fully saturated rings. The highest BCUT2D eigenvalue weighted by molar-refractivity contribution is 5.69. The Bertz CT molecular complexity index is 883. The highest BCUT2D eigenvalue weighted by atomic mass is 16.6. The number of nitrogens with one attached hydrogen (secondary N) is 1. The molecule has 51 heavy (non-hydrogen) atoms. The van der Waals surface area contributed by atoms with Crippen LogP contribution in [0.15, 0.2) is 48.6 Å². The monoisotopic (exact) mass is 717 g/mol. The van der Waals surface area contributed by atoms with Gasteiger partial charge in [-0.05, 0) is 84.7 Å². The van der Waals surface area contributed by atoms with Gasteiger partial charge in [-0.3, -0.25) is 4.79 Å². The molecule has 296 valence electrons. The molecule has 0 aromatic heterocycles. The number of ether oxygens (including phenoxy) is 3. The molecule has 7 heteroatoms. The van der Waals surface area contributed by atoms with Gasteiger partial charge in [0.1, 0.15) is 6.61 Å². The second-order valence-corrected chi connectivity index (χ2v) is 14.1. The maximum absolute atomic E-state index is 12.4. The summed E-state index contributed by atoms with van der Waals surface area (Å²) in [5.74, 6) is -0.239. The number of alkyl carbamates (subject to hydrolysis) is 1. The second-order valence-electron chi connectivity index (χ2n) is 14.1. The molecular weight excluding hydrogens is 636 g/mol. The Labute approximate surface area is 315 Å². The lowest BCUT2D eigenvalue weighted by Gasteiger charge is -2.19. The summed E-state index contributed by atoms with van der Waals surface area (Å²) >= 11 is 0. The molecule has 0 aliphatic heterocycles. The molecule has 0 radical (unpaired) electrons. The summed E-state index contributed by atoms with van der Waals surface area (Å²) in [7, 11) is 3.90. The first-order valence-electron chi connectivity index (χ1n) is 20.9. The van der Waals surface area contributed by atoms with E-state index in [1.165, 1.54) is 83.5 Å². The third-order valence-corrected chi connectivity index (χ3v) is 8.67. The van der Waals surface area contributed by atoms with Crippen molar-refractivity contribution in [3.63, 3.8) is 0 Å². The normalized spacial score (nSPS) is 12.6. The van der Waals surface area contributed by atoms with E-state index in [2.05, 4.69) is 67.8 Å². The molecule has 7 nitrogen and oxygen atoms in total. The fourth-order valence-corrected chi connectivity index (χ4v) is 5.50. The van der Waals surface area contributed by atoms with Crippen LogP contribution in [-0.4, -0.2) is 70.1 Å². The highest BCUT2D eigenvalue weighted by Gasteiger charge is 2.17. The average molecular weight is 717 g/mol. The van der Waals surface area contributed by atoms with Crippen molar-refractivity contribution in [2.24, 2.45) is 0 Å². The van der Waals surface area contributed by atoms with E-state index >= 15 is 0 Å². The Morgan fingerprint density at radius 2 is 1.12 bits per heavy atom. The standard InChI is InChI=1S/C44H80N2O5/c1-5-7-9-11-13-15-17-19-21-23-25-27-29-31-33-35-39-49-40-42(51-44(48)45-37-38-46(3)4)41-50-43(47)36-34-32-30-28-26-24-22-20-18-16-14-12-10-8-6-2/h7,9,13,15,19-22,42H,5-6,8,10-12,14,16-18,23-41H2,1-4H3,(H,45,48)/b9-7-,15-13-,21-19-,22-20-. The lowest BCUT2D eigenvalue weighted by molar-refractivity contribution is -0.148.